The van der Waals surface area contributed by atoms with Crippen molar-refractivity contribution in [2.45, 2.75) is 26.0 Å². The van der Waals surface area contributed by atoms with Crippen molar-refractivity contribution in [3.8, 4) is 0 Å². The number of rotatable bonds is 2. The monoisotopic (exact) mass is 327 g/mol. The molecule has 5 nitrogen and oxygen atoms in total. The van der Waals surface area contributed by atoms with Crippen LogP contribution in [0, 0.1) is 0 Å². The molecule has 1 aliphatic heterocycles. The van der Waals surface area contributed by atoms with E-state index in [-0.39, 0.29) is 18.1 Å². The third-order valence-electron chi connectivity index (χ3n) is 3.19. The molecule has 104 valence electrons. The summed E-state index contributed by atoms with van der Waals surface area (Å²) in [6.45, 7) is 5.15. The van der Waals surface area contributed by atoms with Gasteiger partial charge < -0.3 is 15.0 Å². The fraction of sp³-hybridized carbons (Fsp3) is 0.538. The summed E-state index contributed by atoms with van der Waals surface area (Å²) in [6.07, 6.45) is 1.74. The van der Waals surface area contributed by atoms with Crippen molar-refractivity contribution in [1.82, 2.24) is 9.88 Å². The van der Waals surface area contributed by atoms with Crippen LogP contribution in [0.4, 0.5) is 5.82 Å². The zero-order chi connectivity index (χ0) is 14.0. The number of carbonyl (C=O) groups excluding carboxylic acids is 1. The lowest BCUT2D eigenvalue weighted by atomic mass is 10.1. The van der Waals surface area contributed by atoms with Crippen LogP contribution in [0.3, 0.4) is 0 Å². The predicted octanol–water partition coefficient (Wildman–Crippen LogP) is 2.14. The van der Waals surface area contributed by atoms with E-state index in [1.165, 1.54) is 0 Å². The summed E-state index contributed by atoms with van der Waals surface area (Å²) in [5.74, 6) is 0.584. The van der Waals surface area contributed by atoms with E-state index in [9.17, 15) is 4.79 Å². The fourth-order valence-corrected chi connectivity index (χ4v) is 2.47. The molecule has 1 fully saturated rings. The van der Waals surface area contributed by atoms with Gasteiger partial charge in [0.05, 0.1) is 24.3 Å². The van der Waals surface area contributed by atoms with Gasteiger partial charge in [-0.3, -0.25) is 4.79 Å². The van der Waals surface area contributed by atoms with E-state index in [1.54, 1.807) is 19.3 Å². The lowest BCUT2D eigenvalue weighted by Crippen LogP contribution is -2.50. The molecule has 6 heteroatoms. The van der Waals surface area contributed by atoms with Gasteiger partial charge in [0.1, 0.15) is 5.82 Å². The molecule has 1 amide bonds. The highest BCUT2D eigenvalue weighted by atomic mass is 79.9. The first kappa shape index (κ1) is 14.3. The molecule has 2 unspecified atom stereocenters. The van der Waals surface area contributed by atoms with Crippen molar-refractivity contribution in [1.29, 1.82) is 0 Å². The summed E-state index contributed by atoms with van der Waals surface area (Å²) in [5.41, 5.74) is 0.581. The number of halogens is 1. The summed E-state index contributed by atoms with van der Waals surface area (Å²) in [6, 6.07) is 1.88. The quantitative estimate of drug-likeness (QED) is 0.904. The first-order valence-corrected chi connectivity index (χ1v) is 7.08. The van der Waals surface area contributed by atoms with Crippen LogP contribution >= 0.6 is 15.9 Å². The Balaban J connectivity index is 2.30. The molecule has 0 saturated carbocycles. The Kier molecular flexibility index (Phi) is 4.42. The second-order valence-corrected chi connectivity index (χ2v) is 5.67. The molecular formula is C13H18BrN3O2. The highest BCUT2D eigenvalue weighted by Crippen LogP contribution is 2.22. The number of nitrogens with zero attached hydrogens (tertiary/aromatic N) is 2. The number of carbonyl (C=O) groups is 1. The van der Waals surface area contributed by atoms with Gasteiger partial charge in [-0.05, 0) is 35.8 Å². The molecule has 19 heavy (non-hydrogen) atoms. The van der Waals surface area contributed by atoms with Crippen molar-refractivity contribution in [2.24, 2.45) is 0 Å². The van der Waals surface area contributed by atoms with Gasteiger partial charge in [0.15, 0.2) is 0 Å². The Bertz CT molecular complexity index is 481. The highest BCUT2D eigenvalue weighted by Gasteiger charge is 2.29. The maximum atomic E-state index is 12.7. The minimum absolute atomic E-state index is 0.0131. The highest BCUT2D eigenvalue weighted by molar-refractivity contribution is 9.10. The largest absolute Gasteiger partial charge is 0.375 e. The van der Waals surface area contributed by atoms with E-state index in [4.69, 9.17) is 4.74 Å². The molecule has 2 rings (SSSR count). The van der Waals surface area contributed by atoms with E-state index in [0.29, 0.717) is 24.5 Å². The van der Waals surface area contributed by atoms with E-state index in [0.717, 1.165) is 4.47 Å². The number of hydrogen-bond donors (Lipinski definition) is 1. The topological polar surface area (TPSA) is 54.5 Å². The Morgan fingerprint density at radius 3 is 3.00 bits per heavy atom. The van der Waals surface area contributed by atoms with E-state index in [1.807, 2.05) is 18.7 Å². The van der Waals surface area contributed by atoms with E-state index < -0.39 is 0 Å². The van der Waals surface area contributed by atoms with Crippen molar-refractivity contribution in [3.05, 3.63) is 22.3 Å². The summed E-state index contributed by atoms with van der Waals surface area (Å²) < 4.78 is 6.35. The summed E-state index contributed by atoms with van der Waals surface area (Å²) in [4.78, 5) is 18.7. The number of hydrogen-bond acceptors (Lipinski definition) is 4. The average molecular weight is 328 g/mol. The van der Waals surface area contributed by atoms with Gasteiger partial charge in [-0.1, -0.05) is 0 Å². The van der Waals surface area contributed by atoms with Crippen LogP contribution in [0.5, 0.6) is 0 Å². The van der Waals surface area contributed by atoms with Crippen LogP contribution in [0.2, 0.25) is 0 Å². The summed E-state index contributed by atoms with van der Waals surface area (Å²) in [7, 11) is 1.76. The van der Waals surface area contributed by atoms with Gasteiger partial charge in [-0.2, -0.15) is 0 Å². The van der Waals surface area contributed by atoms with Gasteiger partial charge in [0.2, 0.25) is 0 Å². The molecule has 1 aromatic heterocycles. The molecule has 0 aliphatic carbocycles. The first-order valence-electron chi connectivity index (χ1n) is 6.28. The molecule has 1 N–H and O–H groups in total. The molecule has 1 saturated heterocycles. The Hall–Kier alpha value is -1.14. The minimum atomic E-state index is -0.0131. The maximum absolute atomic E-state index is 12.7. The zero-order valence-electron chi connectivity index (χ0n) is 11.3. The van der Waals surface area contributed by atoms with Crippen LogP contribution < -0.4 is 5.32 Å². The van der Waals surface area contributed by atoms with Gasteiger partial charge in [0, 0.05) is 24.3 Å². The Labute approximate surface area is 121 Å². The van der Waals surface area contributed by atoms with Crippen LogP contribution in [0.25, 0.3) is 0 Å². The van der Waals surface area contributed by atoms with Gasteiger partial charge in [-0.15, -0.1) is 0 Å². The minimum Gasteiger partial charge on any atom is -0.375 e. The van der Waals surface area contributed by atoms with Crippen LogP contribution in [0.15, 0.2) is 16.7 Å². The first-order chi connectivity index (χ1) is 9.02. The van der Waals surface area contributed by atoms with Crippen molar-refractivity contribution >= 4 is 27.7 Å². The molecule has 0 radical (unpaired) electrons. The van der Waals surface area contributed by atoms with Crippen molar-refractivity contribution < 1.29 is 9.53 Å². The predicted molar refractivity (Wildman–Crippen MR) is 77.4 cm³/mol. The summed E-state index contributed by atoms with van der Waals surface area (Å²) in [5, 5.41) is 2.96. The zero-order valence-corrected chi connectivity index (χ0v) is 12.9. The van der Waals surface area contributed by atoms with E-state index in [2.05, 4.69) is 26.2 Å². The van der Waals surface area contributed by atoms with Crippen LogP contribution in [-0.2, 0) is 4.74 Å². The number of ether oxygens (including phenoxy) is 1. The maximum Gasteiger partial charge on any atom is 0.258 e. The number of pyridine rings is 1. The molecule has 2 atom stereocenters. The number of morpholine rings is 1. The molecule has 1 aliphatic rings. The molecule has 2 heterocycles. The normalized spacial score (nSPS) is 23.3. The molecule has 1 aromatic rings. The number of aromatic nitrogens is 1. The van der Waals surface area contributed by atoms with Gasteiger partial charge >= 0.3 is 0 Å². The molecular weight excluding hydrogens is 310 g/mol. The van der Waals surface area contributed by atoms with Crippen LogP contribution in [0.1, 0.15) is 24.2 Å². The smallest absolute Gasteiger partial charge is 0.258 e. The lowest BCUT2D eigenvalue weighted by molar-refractivity contribution is -0.0386. The van der Waals surface area contributed by atoms with Gasteiger partial charge in [-0.25, -0.2) is 4.98 Å². The van der Waals surface area contributed by atoms with Crippen molar-refractivity contribution in [3.63, 3.8) is 0 Å². The van der Waals surface area contributed by atoms with Gasteiger partial charge in [0.25, 0.3) is 5.91 Å². The third-order valence-corrected chi connectivity index (χ3v) is 3.62. The third kappa shape index (κ3) is 3.06. The molecule has 0 aromatic carbocycles. The number of nitrogens with one attached hydrogen (secondary N) is 1. The standard InChI is InChI=1S/C13H18BrN3O2/c1-8-7-19-9(2)6-17(8)13(18)11-4-10(14)5-16-12(11)15-3/h4-5,8-9H,6-7H2,1-3H3,(H,15,16). The average Bonchev–Trinajstić information content (AvgIpc) is 2.40. The van der Waals surface area contributed by atoms with Crippen molar-refractivity contribution in [2.75, 3.05) is 25.5 Å². The second kappa shape index (κ2) is 5.88. The number of anilines is 1. The molecule has 0 bridgehead atoms. The number of amides is 1. The SMILES string of the molecule is CNc1ncc(Br)cc1C(=O)N1CC(C)OCC1C. The van der Waals surface area contributed by atoms with E-state index >= 15 is 0 Å². The summed E-state index contributed by atoms with van der Waals surface area (Å²) >= 11 is 3.36. The second-order valence-electron chi connectivity index (χ2n) is 4.75. The lowest BCUT2D eigenvalue weighted by Gasteiger charge is -2.37. The molecule has 0 spiro atoms. The van der Waals surface area contributed by atoms with Crippen LogP contribution in [-0.4, -0.2) is 48.1 Å². The Morgan fingerprint density at radius 2 is 2.32 bits per heavy atom. The fourth-order valence-electron chi connectivity index (χ4n) is 2.14. The Morgan fingerprint density at radius 1 is 1.58 bits per heavy atom.